The molecule has 0 aliphatic heterocycles. The molecule has 0 heterocycles. The zero-order chi connectivity index (χ0) is 14.8. The fraction of sp³-hybridized carbons (Fsp3) is 0.571. The van der Waals surface area contributed by atoms with Crippen LogP contribution in [0.25, 0.3) is 0 Å². The Morgan fingerprint density at radius 2 is 2.00 bits per heavy atom. The predicted octanol–water partition coefficient (Wildman–Crippen LogP) is 0.557. The van der Waals surface area contributed by atoms with Crippen LogP contribution in [-0.2, 0) is 16.0 Å². The Labute approximate surface area is 119 Å². The van der Waals surface area contributed by atoms with Crippen LogP contribution in [0, 0.1) is 0 Å². The van der Waals surface area contributed by atoms with E-state index in [2.05, 4.69) is 0 Å². The maximum atomic E-state index is 9.73. The topological polar surface area (TPSA) is 83.2 Å². The summed E-state index contributed by atoms with van der Waals surface area (Å²) in [5, 5.41) is 9.73. The van der Waals surface area contributed by atoms with Gasteiger partial charge in [0.25, 0.3) is 0 Å². The van der Waals surface area contributed by atoms with E-state index in [1.54, 1.807) is 26.4 Å². The zero-order valence-electron chi connectivity index (χ0n) is 12.0. The van der Waals surface area contributed by atoms with Crippen molar-refractivity contribution in [3.63, 3.8) is 0 Å². The van der Waals surface area contributed by atoms with E-state index in [0.717, 1.165) is 11.3 Å². The van der Waals surface area contributed by atoms with Crippen molar-refractivity contribution in [2.24, 2.45) is 5.73 Å². The largest absolute Gasteiger partial charge is 0.497 e. The van der Waals surface area contributed by atoms with Crippen molar-refractivity contribution in [2.75, 3.05) is 40.6 Å². The first kappa shape index (κ1) is 16.7. The van der Waals surface area contributed by atoms with E-state index < -0.39 is 6.10 Å². The third-order valence-electron chi connectivity index (χ3n) is 2.66. The van der Waals surface area contributed by atoms with Crippen molar-refractivity contribution in [3.8, 4) is 11.5 Å². The Balaban J connectivity index is 2.40. The second kappa shape index (κ2) is 9.55. The van der Waals surface area contributed by atoms with Crippen molar-refractivity contribution in [2.45, 2.75) is 12.6 Å². The van der Waals surface area contributed by atoms with Gasteiger partial charge in [-0.25, -0.2) is 0 Å². The van der Waals surface area contributed by atoms with Gasteiger partial charge in [-0.2, -0.15) is 0 Å². The highest BCUT2D eigenvalue weighted by Gasteiger charge is 2.09. The van der Waals surface area contributed by atoms with Crippen molar-refractivity contribution in [1.29, 1.82) is 0 Å². The summed E-state index contributed by atoms with van der Waals surface area (Å²) in [6.45, 7) is 1.64. The Morgan fingerprint density at radius 1 is 1.20 bits per heavy atom. The summed E-state index contributed by atoms with van der Waals surface area (Å²) in [7, 11) is 3.19. The van der Waals surface area contributed by atoms with Crippen LogP contribution >= 0.6 is 0 Å². The first-order valence-corrected chi connectivity index (χ1v) is 6.45. The lowest BCUT2D eigenvalue weighted by Gasteiger charge is -2.15. The van der Waals surface area contributed by atoms with Crippen LogP contribution in [0.2, 0.25) is 0 Å². The molecule has 0 aromatic heterocycles. The molecule has 0 radical (unpaired) electrons. The zero-order valence-corrected chi connectivity index (χ0v) is 12.0. The summed E-state index contributed by atoms with van der Waals surface area (Å²) >= 11 is 0. The van der Waals surface area contributed by atoms with Crippen LogP contribution in [0.1, 0.15) is 5.56 Å². The minimum Gasteiger partial charge on any atom is -0.497 e. The lowest BCUT2D eigenvalue weighted by Crippen LogP contribution is -2.24. The van der Waals surface area contributed by atoms with Gasteiger partial charge in [0.15, 0.2) is 0 Å². The van der Waals surface area contributed by atoms with Gasteiger partial charge in [-0.3, -0.25) is 0 Å². The molecular weight excluding hydrogens is 262 g/mol. The smallest absolute Gasteiger partial charge is 0.124 e. The fourth-order valence-corrected chi connectivity index (χ4v) is 1.58. The van der Waals surface area contributed by atoms with E-state index in [0.29, 0.717) is 25.5 Å². The Bertz CT molecular complexity index is 386. The first-order chi connectivity index (χ1) is 9.71. The molecule has 1 unspecified atom stereocenters. The highest BCUT2D eigenvalue weighted by Crippen LogP contribution is 2.23. The molecule has 0 saturated carbocycles. The van der Waals surface area contributed by atoms with Crippen molar-refractivity contribution in [1.82, 2.24) is 0 Å². The van der Waals surface area contributed by atoms with E-state index in [1.165, 1.54) is 0 Å². The van der Waals surface area contributed by atoms with Crippen molar-refractivity contribution in [3.05, 3.63) is 23.8 Å². The van der Waals surface area contributed by atoms with Crippen LogP contribution in [0.3, 0.4) is 0 Å². The summed E-state index contributed by atoms with van der Waals surface area (Å²) in [4.78, 5) is 0. The second-order valence-corrected chi connectivity index (χ2v) is 4.21. The number of nitrogens with two attached hydrogens (primary N) is 1. The van der Waals surface area contributed by atoms with Crippen LogP contribution in [0.15, 0.2) is 18.2 Å². The van der Waals surface area contributed by atoms with Gasteiger partial charge in [-0.05, 0) is 18.2 Å². The monoisotopic (exact) mass is 285 g/mol. The summed E-state index contributed by atoms with van der Waals surface area (Å²) in [5.41, 5.74) is 6.49. The Kier molecular flexibility index (Phi) is 7.98. The quantitative estimate of drug-likeness (QED) is 0.611. The summed E-state index contributed by atoms with van der Waals surface area (Å²) in [6, 6.07) is 5.38. The van der Waals surface area contributed by atoms with Gasteiger partial charge in [-0.1, -0.05) is 0 Å². The highest BCUT2D eigenvalue weighted by atomic mass is 16.5. The molecule has 1 atom stereocenters. The van der Waals surface area contributed by atoms with Gasteiger partial charge >= 0.3 is 0 Å². The maximum Gasteiger partial charge on any atom is 0.124 e. The third-order valence-corrected chi connectivity index (χ3v) is 2.66. The van der Waals surface area contributed by atoms with Crippen molar-refractivity contribution < 1.29 is 24.1 Å². The molecule has 0 saturated heterocycles. The molecule has 1 rings (SSSR count). The standard InChI is InChI=1S/C14H23NO5/c1-17-5-6-19-9-12(16)10-20-14-4-3-13(18-2)7-11(14)8-15/h3-4,7,12,16H,5-6,8-10,15H2,1-2H3. The van der Waals surface area contributed by atoms with Crippen LogP contribution in [0.5, 0.6) is 11.5 Å². The van der Waals surface area contributed by atoms with Crippen LogP contribution < -0.4 is 15.2 Å². The average Bonchev–Trinajstić information content (AvgIpc) is 2.49. The fourth-order valence-electron chi connectivity index (χ4n) is 1.58. The number of benzene rings is 1. The number of rotatable bonds is 10. The van der Waals surface area contributed by atoms with Gasteiger partial charge in [-0.15, -0.1) is 0 Å². The molecule has 114 valence electrons. The molecule has 1 aromatic rings. The number of hydrogen-bond acceptors (Lipinski definition) is 6. The van der Waals surface area contributed by atoms with Gasteiger partial charge in [0.1, 0.15) is 24.2 Å². The average molecular weight is 285 g/mol. The molecule has 0 bridgehead atoms. The Morgan fingerprint density at radius 3 is 2.65 bits per heavy atom. The molecule has 0 aliphatic carbocycles. The second-order valence-electron chi connectivity index (χ2n) is 4.21. The van der Waals surface area contributed by atoms with E-state index >= 15 is 0 Å². The van der Waals surface area contributed by atoms with Crippen LogP contribution in [0.4, 0.5) is 0 Å². The van der Waals surface area contributed by atoms with E-state index in [4.69, 9.17) is 24.7 Å². The highest BCUT2D eigenvalue weighted by molar-refractivity contribution is 5.40. The summed E-state index contributed by atoms with van der Waals surface area (Å²) in [5.74, 6) is 1.37. The number of aliphatic hydroxyl groups is 1. The minimum absolute atomic E-state index is 0.145. The molecule has 6 heteroatoms. The number of methoxy groups -OCH3 is 2. The normalized spacial score (nSPS) is 12.2. The number of aliphatic hydroxyl groups excluding tert-OH is 1. The lowest BCUT2D eigenvalue weighted by atomic mass is 10.2. The molecule has 3 N–H and O–H groups in total. The summed E-state index contributed by atoms with van der Waals surface area (Å²) in [6.07, 6.45) is -0.695. The van der Waals surface area contributed by atoms with Gasteiger partial charge < -0.3 is 29.8 Å². The van der Waals surface area contributed by atoms with E-state index in [9.17, 15) is 5.11 Å². The third kappa shape index (κ3) is 5.75. The van der Waals surface area contributed by atoms with Gasteiger partial charge in [0.2, 0.25) is 0 Å². The summed E-state index contributed by atoms with van der Waals surface area (Å²) < 4.78 is 20.7. The molecule has 6 nitrogen and oxygen atoms in total. The minimum atomic E-state index is -0.695. The molecular formula is C14H23NO5. The van der Waals surface area contributed by atoms with Gasteiger partial charge in [0, 0.05) is 19.2 Å². The molecule has 20 heavy (non-hydrogen) atoms. The first-order valence-electron chi connectivity index (χ1n) is 6.45. The van der Waals surface area contributed by atoms with E-state index in [1.807, 2.05) is 6.07 Å². The van der Waals surface area contributed by atoms with E-state index in [-0.39, 0.29) is 13.2 Å². The van der Waals surface area contributed by atoms with Gasteiger partial charge in [0.05, 0.1) is 26.9 Å². The Hall–Kier alpha value is -1.34. The molecule has 0 aliphatic rings. The molecule has 1 aromatic carbocycles. The van der Waals surface area contributed by atoms with Crippen LogP contribution in [-0.4, -0.2) is 51.9 Å². The van der Waals surface area contributed by atoms with Crippen molar-refractivity contribution >= 4 is 0 Å². The molecule has 0 spiro atoms. The molecule has 0 fully saturated rings. The number of hydrogen-bond donors (Lipinski definition) is 2. The SMILES string of the molecule is COCCOCC(O)COc1ccc(OC)cc1CN. The predicted molar refractivity (Wildman–Crippen MR) is 75.1 cm³/mol. The molecule has 0 amide bonds. The maximum absolute atomic E-state index is 9.73. The lowest BCUT2D eigenvalue weighted by molar-refractivity contribution is -0.00432. The number of ether oxygens (including phenoxy) is 4.